The zero-order valence-corrected chi connectivity index (χ0v) is 12.9. The number of hydrogen-bond donors (Lipinski definition) is 0. The van der Waals surface area contributed by atoms with Gasteiger partial charge in [0.2, 0.25) is 5.82 Å². The van der Waals surface area contributed by atoms with Crippen molar-refractivity contribution in [1.29, 1.82) is 0 Å². The van der Waals surface area contributed by atoms with Crippen LogP contribution in [0, 0.1) is 0 Å². The average Bonchev–Trinajstić information content (AvgIpc) is 3.23. The van der Waals surface area contributed by atoms with Crippen molar-refractivity contribution in [3.8, 4) is 11.5 Å². The van der Waals surface area contributed by atoms with Crippen molar-refractivity contribution in [2.24, 2.45) is 0 Å². The summed E-state index contributed by atoms with van der Waals surface area (Å²) in [7, 11) is 1.62. The van der Waals surface area contributed by atoms with Gasteiger partial charge in [0.05, 0.1) is 11.6 Å². The molecule has 0 atom stereocenters. The maximum Gasteiger partial charge on any atom is 0.442 e. The van der Waals surface area contributed by atoms with Crippen LogP contribution in [-0.2, 0) is 17.7 Å². The van der Waals surface area contributed by atoms with E-state index in [9.17, 15) is 4.79 Å². The summed E-state index contributed by atoms with van der Waals surface area (Å²) < 4.78 is 21.0. The largest absolute Gasteiger partial charge is 0.466 e. The first kappa shape index (κ1) is 15.5. The van der Waals surface area contributed by atoms with Crippen LogP contribution in [0.2, 0.25) is 5.02 Å². The van der Waals surface area contributed by atoms with Gasteiger partial charge in [-0.2, -0.15) is 0 Å². The smallest absolute Gasteiger partial charge is 0.442 e. The van der Waals surface area contributed by atoms with E-state index in [1.165, 1.54) is 10.8 Å². The van der Waals surface area contributed by atoms with E-state index in [-0.39, 0.29) is 12.4 Å². The van der Waals surface area contributed by atoms with E-state index >= 15 is 0 Å². The monoisotopic (exact) mass is 340 g/mol. The minimum Gasteiger partial charge on any atom is -0.466 e. The Kier molecular flexibility index (Phi) is 4.58. The van der Waals surface area contributed by atoms with Crippen molar-refractivity contribution in [3.05, 3.63) is 39.4 Å². The second-order valence-corrected chi connectivity index (χ2v) is 5.18. The molecule has 3 aromatic heterocycles. The summed E-state index contributed by atoms with van der Waals surface area (Å²) in [4.78, 5) is 11.9. The first-order valence-electron chi connectivity index (χ1n) is 6.79. The van der Waals surface area contributed by atoms with E-state index in [0.29, 0.717) is 35.2 Å². The average molecular weight is 341 g/mol. The maximum atomic E-state index is 11.9. The molecule has 9 nitrogen and oxygen atoms in total. The number of rotatable bonds is 7. The van der Waals surface area contributed by atoms with Crippen molar-refractivity contribution in [3.63, 3.8) is 0 Å². The lowest BCUT2D eigenvalue weighted by Crippen LogP contribution is -2.16. The Morgan fingerprint density at radius 3 is 2.96 bits per heavy atom. The minimum absolute atomic E-state index is 0.106. The summed E-state index contributed by atoms with van der Waals surface area (Å²) in [5.74, 6) is 0.0634. The number of aryl methyl sites for hydroxylation is 1. The molecule has 3 rings (SSSR count). The number of ether oxygens (including phenoxy) is 1. The van der Waals surface area contributed by atoms with Crippen LogP contribution < -0.4 is 5.76 Å². The number of hydrogen-bond acceptors (Lipinski definition) is 8. The normalized spacial score (nSPS) is 11.2. The Hall–Kier alpha value is -2.39. The second-order valence-electron chi connectivity index (χ2n) is 4.75. The summed E-state index contributed by atoms with van der Waals surface area (Å²) in [6.45, 7) is 0.678. The van der Waals surface area contributed by atoms with Crippen LogP contribution >= 0.6 is 11.6 Å². The van der Waals surface area contributed by atoms with Crippen molar-refractivity contribution in [2.45, 2.75) is 19.4 Å². The van der Waals surface area contributed by atoms with Gasteiger partial charge in [0.1, 0.15) is 17.7 Å². The van der Waals surface area contributed by atoms with Crippen LogP contribution in [-0.4, -0.2) is 33.8 Å². The summed E-state index contributed by atoms with van der Waals surface area (Å²) in [5, 5.41) is 11.9. The van der Waals surface area contributed by atoms with Crippen LogP contribution in [0.25, 0.3) is 11.5 Å². The minimum atomic E-state index is -0.640. The predicted octanol–water partition coefficient (Wildman–Crippen LogP) is 1.76. The Morgan fingerprint density at radius 1 is 1.35 bits per heavy atom. The number of furan rings is 1. The zero-order valence-electron chi connectivity index (χ0n) is 12.2. The standard InChI is InChI=1S/C13H13ClN4O5/c1-20-4-2-3-10-11(16-23-15-10)12-17-22-13(19)18(12)6-9-5-8(14)7-21-9/h5,7H,2-4,6H2,1H3. The van der Waals surface area contributed by atoms with Gasteiger partial charge in [0.15, 0.2) is 5.69 Å². The van der Waals surface area contributed by atoms with Crippen molar-refractivity contribution in [1.82, 2.24) is 20.0 Å². The third-order valence-corrected chi connectivity index (χ3v) is 3.35. The van der Waals surface area contributed by atoms with E-state index in [1.54, 1.807) is 13.2 Å². The van der Waals surface area contributed by atoms with Gasteiger partial charge in [-0.1, -0.05) is 21.9 Å². The van der Waals surface area contributed by atoms with Crippen molar-refractivity contribution >= 4 is 11.6 Å². The van der Waals surface area contributed by atoms with Crippen molar-refractivity contribution < 1.29 is 18.3 Å². The molecular weight excluding hydrogens is 328 g/mol. The highest BCUT2D eigenvalue weighted by atomic mass is 35.5. The Labute approximate surface area is 134 Å². The molecule has 0 amide bonds. The first-order valence-corrected chi connectivity index (χ1v) is 7.17. The number of aromatic nitrogens is 4. The van der Waals surface area contributed by atoms with Gasteiger partial charge < -0.3 is 9.15 Å². The molecular formula is C13H13ClN4O5. The van der Waals surface area contributed by atoms with Crippen LogP contribution in [0.3, 0.4) is 0 Å². The summed E-state index contributed by atoms with van der Waals surface area (Å²) >= 11 is 5.81. The molecule has 0 saturated heterocycles. The van der Waals surface area contributed by atoms with E-state index in [2.05, 4.69) is 15.5 Å². The molecule has 0 aromatic carbocycles. The van der Waals surface area contributed by atoms with Crippen molar-refractivity contribution in [2.75, 3.05) is 13.7 Å². The van der Waals surface area contributed by atoms with E-state index < -0.39 is 5.76 Å². The molecule has 0 bridgehead atoms. The topological polar surface area (TPSA) is 109 Å². The highest BCUT2D eigenvalue weighted by Gasteiger charge is 2.22. The number of halogens is 1. The lowest BCUT2D eigenvalue weighted by atomic mass is 10.2. The SMILES string of the molecule is COCCCc1nonc1-c1noc(=O)n1Cc1cc(Cl)co1. The van der Waals surface area contributed by atoms with Crippen LogP contribution in [0.15, 0.2) is 30.7 Å². The second kappa shape index (κ2) is 6.80. The molecule has 0 unspecified atom stereocenters. The predicted molar refractivity (Wildman–Crippen MR) is 77.1 cm³/mol. The molecule has 0 aliphatic carbocycles. The van der Waals surface area contributed by atoms with Gasteiger partial charge in [-0.15, -0.1) is 0 Å². The zero-order chi connectivity index (χ0) is 16.2. The highest BCUT2D eigenvalue weighted by molar-refractivity contribution is 6.30. The third kappa shape index (κ3) is 3.35. The number of methoxy groups -OCH3 is 1. The van der Waals surface area contributed by atoms with E-state index in [4.69, 9.17) is 29.9 Å². The number of nitrogens with zero attached hydrogens (tertiary/aromatic N) is 4. The molecule has 122 valence electrons. The molecule has 10 heteroatoms. The molecule has 23 heavy (non-hydrogen) atoms. The Morgan fingerprint density at radius 2 is 2.22 bits per heavy atom. The fourth-order valence-corrected chi connectivity index (χ4v) is 2.26. The molecule has 0 fully saturated rings. The first-order chi connectivity index (χ1) is 11.2. The third-order valence-electron chi connectivity index (χ3n) is 3.15. The van der Waals surface area contributed by atoms with Gasteiger partial charge >= 0.3 is 5.76 Å². The van der Waals surface area contributed by atoms with Gasteiger partial charge in [0.25, 0.3) is 0 Å². The van der Waals surface area contributed by atoms with Gasteiger partial charge in [0, 0.05) is 19.8 Å². The molecule has 0 aliphatic heterocycles. The molecule has 3 heterocycles. The summed E-state index contributed by atoms with van der Waals surface area (Å²) in [5.41, 5.74) is 0.922. The fourth-order valence-electron chi connectivity index (χ4n) is 2.09. The van der Waals surface area contributed by atoms with Crippen LogP contribution in [0.5, 0.6) is 0 Å². The summed E-state index contributed by atoms with van der Waals surface area (Å²) in [6, 6.07) is 1.60. The molecule has 0 radical (unpaired) electrons. The molecule has 0 aliphatic rings. The lowest BCUT2D eigenvalue weighted by molar-refractivity contribution is 0.194. The maximum absolute atomic E-state index is 11.9. The van der Waals surface area contributed by atoms with Gasteiger partial charge in [-0.25, -0.2) is 14.0 Å². The molecule has 0 spiro atoms. The highest BCUT2D eigenvalue weighted by Crippen LogP contribution is 2.20. The quantitative estimate of drug-likeness (QED) is 0.598. The molecule has 0 saturated carbocycles. The lowest BCUT2D eigenvalue weighted by Gasteiger charge is -2.01. The summed E-state index contributed by atoms with van der Waals surface area (Å²) in [6.07, 6.45) is 2.68. The molecule has 0 N–H and O–H groups in total. The molecule has 3 aromatic rings. The van der Waals surface area contributed by atoms with Crippen LogP contribution in [0.4, 0.5) is 0 Å². The van der Waals surface area contributed by atoms with E-state index in [0.717, 1.165) is 6.42 Å². The Balaban J connectivity index is 1.89. The van der Waals surface area contributed by atoms with Gasteiger partial charge in [-0.05, 0) is 18.0 Å². The van der Waals surface area contributed by atoms with E-state index in [1.807, 2.05) is 0 Å². The fraction of sp³-hybridized carbons (Fsp3) is 0.385. The Bertz CT molecular complexity index is 833. The van der Waals surface area contributed by atoms with Gasteiger partial charge in [-0.3, -0.25) is 4.52 Å². The van der Waals surface area contributed by atoms with Crippen LogP contribution in [0.1, 0.15) is 17.9 Å².